The van der Waals surface area contributed by atoms with E-state index in [0.29, 0.717) is 18.7 Å². The molecule has 0 aliphatic carbocycles. The van der Waals surface area contributed by atoms with E-state index in [1.165, 1.54) is 25.7 Å². The molecular weight excluding hydrogens is 390 g/mol. The summed E-state index contributed by atoms with van der Waals surface area (Å²) in [4.78, 5) is 28.0. The molecule has 0 bridgehead atoms. The lowest BCUT2D eigenvalue weighted by Gasteiger charge is -2.35. The van der Waals surface area contributed by atoms with E-state index in [1.807, 2.05) is 23.1 Å². The summed E-state index contributed by atoms with van der Waals surface area (Å²) in [5.74, 6) is 1.89. The van der Waals surface area contributed by atoms with Gasteiger partial charge in [0.05, 0.1) is 11.0 Å². The molecule has 8 nitrogen and oxygen atoms in total. The first-order valence-corrected chi connectivity index (χ1v) is 11.1. The zero-order valence-electron chi connectivity index (χ0n) is 17.7. The van der Waals surface area contributed by atoms with Gasteiger partial charge in [-0.1, -0.05) is 12.8 Å². The molecule has 1 aromatic carbocycles. The Morgan fingerprint density at radius 3 is 1.94 bits per heavy atom. The molecule has 0 radical (unpaired) electrons. The number of benzene rings is 1. The number of piperazine rings is 1. The zero-order chi connectivity index (χ0) is 21.0. The smallest absolute Gasteiger partial charge is 0.254 e. The Balaban J connectivity index is 1.21. The number of aromatic nitrogens is 4. The highest BCUT2D eigenvalue weighted by Gasteiger charge is 2.23. The maximum Gasteiger partial charge on any atom is 0.254 e. The lowest BCUT2D eigenvalue weighted by atomic mass is 10.1. The van der Waals surface area contributed by atoms with Crippen molar-refractivity contribution in [2.24, 2.45) is 0 Å². The van der Waals surface area contributed by atoms with Crippen LogP contribution in [0.15, 0.2) is 42.7 Å². The van der Waals surface area contributed by atoms with E-state index in [1.54, 1.807) is 12.4 Å². The normalized spacial score (nSPS) is 17.6. The number of hydrogen-bond donors (Lipinski definition) is 0. The standard InChI is InChI=1S/C23H27N7O/c31-23(18-5-6-19-20(17-18)25-10-9-24-19)30-15-13-29(14-16-30)22-8-7-21(26-27-22)28-11-3-1-2-4-12-28/h5-10,17H,1-4,11-16H2. The summed E-state index contributed by atoms with van der Waals surface area (Å²) in [6.07, 6.45) is 8.36. The number of carbonyl (C=O) groups excluding carboxylic acids is 1. The Hall–Kier alpha value is -3.29. The summed E-state index contributed by atoms with van der Waals surface area (Å²) < 4.78 is 0. The summed E-state index contributed by atoms with van der Waals surface area (Å²) in [6, 6.07) is 9.66. The van der Waals surface area contributed by atoms with Crippen LogP contribution in [0.5, 0.6) is 0 Å². The van der Waals surface area contributed by atoms with Crippen molar-refractivity contribution in [1.29, 1.82) is 0 Å². The minimum absolute atomic E-state index is 0.0369. The van der Waals surface area contributed by atoms with Crippen LogP contribution in [0.3, 0.4) is 0 Å². The predicted molar refractivity (Wildman–Crippen MR) is 120 cm³/mol. The van der Waals surface area contributed by atoms with Gasteiger partial charge in [0.25, 0.3) is 5.91 Å². The molecule has 2 aromatic heterocycles. The fourth-order valence-electron chi connectivity index (χ4n) is 4.37. The number of fused-ring (bicyclic) bond motifs is 1. The van der Waals surface area contributed by atoms with E-state index in [2.05, 4.69) is 42.1 Å². The molecule has 8 heteroatoms. The van der Waals surface area contributed by atoms with Crippen LogP contribution in [-0.2, 0) is 0 Å². The van der Waals surface area contributed by atoms with Crippen molar-refractivity contribution >= 4 is 28.6 Å². The van der Waals surface area contributed by atoms with Gasteiger partial charge in [-0.05, 0) is 43.2 Å². The van der Waals surface area contributed by atoms with Gasteiger partial charge in [0.15, 0.2) is 11.6 Å². The third kappa shape index (κ3) is 4.28. The Labute approximate surface area is 181 Å². The summed E-state index contributed by atoms with van der Waals surface area (Å²) in [5, 5.41) is 8.98. The second-order valence-corrected chi connectivity index (χ2v) is 8.19. The Bertz CT molecular complexity index is 1040. The summed E-state index contributed by atoms with van der Waals surface area (Å²) in [7, 11) is 0. The van der Waals surface area contributed by atoms with Gasteiger partial charge in [0.1, 0.15) is 0 Å². The lowest BCUT2D eigenvalue weighted by Crippen LogP contribution is -2.49. The van der Waals surface area contributed by atoms with Crippen molar-refractivity contribution in [2.45, 2.75) is 25.7 Å². The number of rotatable bonds is 3. The highest BCUT2D eigenvalue weighted by molar-refractivity contribution is 5.97. The predicted octanol–water partition coefficient (Wildman–Crippen LogP) is 2.76. The van der Waals surface area contributed by atoms with E-state index >= 15 is 0 Å². The van der Waals surface area contributed by atoms with E-state index in [0.717, 1.165) is 48.8 Å². The molecule has 160 valence electrons. The van der Waals surface area contributed by atoms with Gasteiger partial charge in [-0.2, -0.15) is 0 Å². The van der Waals surface area contributed by atoms with Crippen LogP contribution in [0.1, 0.15) is 36.0 Å². The molecule has 2 aliphatic heterocycles. The van der Waals surface area contributed by atoms with E-state index in [-0.39, 0.29) is 5.91 Å². The van der Waals surface area contributed by atoms with E-state index in [9.17, 15) is 4.79 Å². The fourth-order valence-corrected chi connectivity index (χ4v) is 4.37. The van der Waals surface area contributed by atoms with Crippen LogP contribution >= 0.6 is 0 Å². The Kier molecular flexibility index (Phi) is 5.60. The third-order valence-electron chi connectivity index (χ3n) is 6.17. The average molecular weight is 418 g/mol. The van der Waals surface area contributed by atoms with Crippen LogP contribution in [-0.4, -0.2) is 70.2 Å². The quantitative estimate of drug-likeness (QED) is 0.648. The molecule has 0 N–H and O–H groups in total. The van der Waals surface area contributed by atoms with Crippen LogP contribution in [0.2, 0.25) is 0 Å². The van der Waals surface area contributed by atoms with Gasteiger partial charge in [-0.15, -0.1) is 10.2 Å². The van der Waals surface area contributed by atoms with Crippen LogP contribution in [0.4, 0.5) is 11.6 Å². The summed E-state index contributed by atoms with van der Waals surface area (Å²) in [5.41, 5.74) is 2.20. The molecule has 0 unspecified atom stereocenters. The number of nitrogens with zero attached hydrogens (tertiary/aromatic N) is 7. The van der Waals surface area contributed by atoms with Gasteiger partial charge < -0.3 is 14.7 Å². The van der Waals surface area contributed by atoms with Crippen molar-refractivity contribution in [2.75, 3.05) is 49.1 Å². The molecule has 2 aliphatic rings. The lowest BCUT2D eigenvalue weighted by molar-refractivity contribution is 0.0746. The minimum Gasteiger partial charge on any atom is -0.355 e. The monoisotopic (exact) mass is 417 g/mol. The average Bonchev–Trinajstić information content (AvgIpc) is 3.13. The van der Waals surface area contributed by atoms with Crippen molar-refractivity contribution in [3.05, 3.63) is 48.3 Å². The van der Waals surface area contributed by atoms with Gasteiger partial charge in [0, 0.05) is 57.2 Å². The molecule has 5 rings (SSSR count). The highest BCUT2D eigenvalue weighted by Crippen LogP contribution is 2.20. The Morgan fingerprint density at radius 1 is 0.677 bits per heavy atom. The first-order valence-electron chi connectivity index (χ1n) is 11.1. The minimum atomic E-state index is 0.0369. The molecule has 0 spiro atoms. The molecule has 0 atom stereocenters. The second kappa shape index (κ2) is 8.83. The van der Waals surface area contributed by atoms with E-state index in [4.69, 9.17) is 0 Å². The molecule has 4 heterocycles. The summed E-state index contributed by atoms with van der Waals surface area (Å²) >= 11 is 0. The SMILES string of the molecule is O=C(c1ccc2nccnc2c1)N1CCN(c2ccc(N3CCCCCC3)nn2)CC1. The summed E-state index contributed by atoms with van der Waals surface area (Å²) in [6.45, 7) is 4.94. The van der Waals surface area contributed by atoms with Gasteiger partial charge in [-0.25, -0.2) is 0 Å². The molecule has 0 saturated carbocycles. The molecule has 2 saturated heterocycles. The Morgan fingerprint density at radius 2 is 1.29 bits per heavy atom. The van der Waals surface area contributed by atoms with Crippen LogP contribution in [0, 0.1) is 0 Å². The molecule has 2 fully saturated rings. The highest BCUT2D eigenvalue weighted by atomic mass is 16.2. The maximum absolute atomic E-state index is 13.0. The first-order chi connectivity index (χ1) is 15.3. The van der Waals surface area contributed by atoms with Crippen molar-refractivity contribution in [3.8, 4) is 0 Å². The second-order valence-electron chi connectivity index (χ2n) is 8.19. The largest absolute Gasteiger partial charge is 0.355 e. The van der Waals surface area contributed by atoms with Crippen molar-refractivity contribution in [3.63, 3.8) is 0 Å². The third-order valence-corrected chi connectivity index (χ3v) is 6.17. The maximum atomic E-state index is 13.0. The molecule has 3 aromatic rings. The topological polar surface area (TPSA) is 78.4 Å². The molecule has 1 amide bonds. The number of hydrogen-bond acceptors (Lipinski definition) is 7. The van der Waals surface area contributed by atoms with Crippen molar-refractivity contribution < 1.29 is 4.79 Å². The number of amides is 1. The van der Waals surface area contributed by atoms with E-state index < -0.39 is 0 Å². The van der Waals surface area contributed by atoms with Gasteiger partial charge in [-0.3, -0.25) is 14.8 Å². The van der Waals surface area contributed by atoms with Crippen LogP contribution < -0.4 is 9.80 Å². The molecule has 31 heavy (non-hydrogen) atoms. The number of carbonyl (C=O) groups is 1. The fraction of sp³-hybridized carbons (Fsp3) is 0.435. The van der Waals surface area contributed by atoms with Gasteiger partial charge in [0.2, 0.25) is 0 Å². The first kappa shape index (κ1) is 19.7. The zero-order valence-corrected chi connectivity index (χ0v) is 17.7. The number of anilines is 2. The van der Waals surface area contributed by atoms with Crippen molar-refractivity contribution in [1.82, 2.24) is 25.1 Å². The molecular formula is C23H27N7O. The van der Waals surface area contributed by atoms with Gasteiger partial charge >= 0.3 is 0 Å². The van der Waals surface area contributed by atoms with Crippen LogP contribution in [0.25, 0.3) is 11.0 Å².